The van der Waals surface area contributed by atoms with E-state index in [0.717, 1.165) is 12.8 Å². The summed E-state index contributed by atoms with van der Waals surface area (Å²) in [5, 5.41) is 8.68. The molecule has 130 valence electrons. The fourth-order valence-corrected chi connectivity index (χ4v) is 3.09. The Hall–Kier alpha value is -2.82. The minimum atomic E-state index is -1.05. The number of likely N-dealkylation sites (N-methyl/N-ethyl adjacent to an activating group) is 1. The van der Waals surface area contributed by atoms with Gasteiger partial charge in [0.25, 0.3) is 5.91 Å². The molecule has 0 unspecified atom stereocenters. The van der Waals surface area contributed by atoms with Crippen molar-refractivity contribution in [2.24, 2.45) is 0 Å². The summed E-state index contributed by atoms with van der Waals surface area (Å²) in [6, 6.07) is 16.9. The van der Waals surface area contributed by atoms with E-state index >= 15 is 0 Å². The Balaban J connectivity index is 1.69. The van der Waals surface area contributed by atoms with Gasteiger partial charge in [0.05, 0.1) is 0 Å². The minimum Gasteiger partial charge on any atom is -0.482 e. The van der Waals surface area contributed by atoms with Gasteiger partial charge in [-0.15, -0.1) is 0 Å². The maximum Gasteiger partial charge on any atom is 0.341 e. The van der Waals surface area contributed by atoms with Crippen LogP contribution in [0.5, 0.6) is 5.75 Å². The first kappa shape index (κ1) is 17.0. The standard InChI is InChI=1S/C20H21NO4/c1-21(14-20(10-11-20)16-7-3-2-4-8-16)19(24)15-6-5-9-17(12-15)25-13-18(22)23/h2-9,12H,10-11,13-14H2,1H3,(H,22,23). The number of carboxylic acid groups (broad SMARTS) is 1. The number of hydrogen-bond donors (Lipinski definition) is 1. The monoisotopic (exact) mass is 339 g/mol. The Morgan fingerprint density at radius 2 is 1.84 bits per heavy atom. The summed E-state index contributed by atoms with van der Waals surface area (Å²) in [6.45, 7) is 0.237. The zero-order valence-corrected chi connectivity index (χ0v) is 14.1. The molecule has 1 fully saturated rings. The summed E-state index contributed by atoms with van der Waals surface area (Å²) < 4.78 is 5.15. The lowest BCUT2D eigenvalue weighted by atomic mass is 9.95. The Kier molecular flexibility index (Phi) is 4.74. The van der Waals surface area contributed by atoms with Gasteiger partial charge in [0.2, 0.25) is 0 Å². The molecule has 0 aliphatic heterocycles. The first-order chi connectivity index (χ1) is 12.0. The third kappa shape index (κ3) is 3.99. The van der Waals surface area contributed by atoms with E-state index in [1.165, 1.54) is 5.56 Å². The molecule has 0 atom stereocenters. The van der Waals surface area contributed by atoms with Gasteiger partial charge in [0, 0.05) is 24.6 Å². The molecule has 0 saturated heterocycles. The van der Waals surface area contributed by atoms with Crippen molar-refractivity contribution in [3.8, 4) is 5.75 Å². The largest absolute Gasteiger partial charge is 0.482 e. The van der Waals surface area contributed by atoms with Crippen molar-refractivity contribution in [1.82, 2.24) is 4.90 Å². The molecule has 1 saturated carbocycles. The van der Waals surface area contributed by atoms with Gasteiger partial charge in [-0.2, -0.15) is 0 Å². The Morgan fingerprint density at radius 3 is 2.48 bits per heavy atom. The van der Waals surface area contributed by atoms with Gasteiger partial charge in [-0.3, -0.25) is 4.79 Å². The van der Waals surface area contributed by atoms with Crippen molar-refractivity contribution in [2.45, 2.75) is 18.3 Å². The van der Waals surface area contributed by atoms with Crippen molar-refractivity contribution < 1.29 is 19.4 Å². The van der Waals surface area contributed by atoms with Crippen LogP contribution < -0.4 is 4.74 Å². The molecule has 3 rings (SSSR count). The maximum absolute atomic E-state index is 12.7. The lowest BCUT2D eigenvalue weighted by molar-refractivity contribution is -0.139. The van der Waals surface area contributed by atoms with Crippen molar-refractivity contribution >= 4 is 11.9 Å². The number of carbonyl (C=O) groups excluding carboxylic acids is 1. The Morgan fingerprint density at radius 1 is 1.12 bits per heavy atom. The van der Waals surface area contributed by atoms with Crippen LogP contribution in [-0.4, -0.2) is 42.1 Å². The highest BCUT2D eigenvalue weighted by molar-refractivity contribution is 5.94. The van der Waals surface area contributed by atoms with Gasteiger partial charge >= 0.3 is 5.97 Å². The number of hydrogen-bond acceptors (Lipinski definition) is 3. The molecule has 25 heavy (non-hydrogen) atoms. The molecule has 0 spiro atoms. The van der Waals surface area contributed by atoms with E-state index in [-0.39, 0.29) is 11.3 Å². The quantitative estimate of drug-likeness (QED) is 0.842. The minimum absolute atomic E-state index is 0.0586. The van der Waals surface area contributed by atoms with Gasteiger partial charge in [-0.25, -0.2) is 4.79 Å². The molecule has 5 nitrogen and oxygen atoms in total. The van der Waals surface area contributed by atoms with Gasteiger partial charge in [0.15, 0.2) is 6.61 Å². The van der Waals surface area contributed by atoms with Gasteiger partial charge in [0.1, 0.15) is 5.75 Å². The predicted octanol–water partition coefficient (Wildman–Crippen LogP) is 2.95. The zero-order valence-electron chi connectivity index (χ0n) is 14.1. The SMILES string of the molecule is CN(CC1(c2ccccc2)CC1)C(=O)c1cccc(OCC(=O)O)c1. The van der Waals surface area contributed by atoms with E-state index in [4.69, 9.17) is 9.84 Å². The second-order valence-corrected chi connectivity index (χ2v) is 6.52. The highest BCUT2D eigenvalue weighted by atomic mass is 16.5. The molecule has 1 N–H and O–H groups in total. The first-order valence-corrected chi connectivity index (χ1v) is 8.26. The van der Waals surface area contributed by atoms with Crippen molar-refractivity contribution in [1.29, 1.82) is 0 Å². The number of ether oxygens (including phenoxy) is 1. The number of rotatable bonds is 7. The van der Waals surface area contributed by atoms with Crippen LogP contribution in [0.4, 0.5) is 0 Å². The summed E-state index contributed by atoms with van der Waals surface area (Å²) in [4.78, 5) is 25.1. The van der Waals surface area contributed by atoms with Gasteiger partial charge in [-0.05, 0) is 36.6 Å². The molecule has 1 amide bonds. The molecule has 5 heteroatoms. The molecule has 0 radical (unpaired) electrons. The van der Waals surface area contributed by atoms with E-state index in [2.05, 4.69) is 12.1 Å². The molecule has 0 heterocycles. The number of amides is 1. The number of carboxylic acids is 1. The molecular weight excluding hydrogens is 318 g/mol. The van der Waals surface area contributed by atoms with Crippen molar-refractivity contribution in [2.75, 3.05) is 20.2 Å². The van der Waals surface area contributed by atoms with E-state index in [9.17, 15) is 9.59 Å². The van der Waals surface area contributed by atoms with E-state index in [1.807, 2.05) is 18.2 Å². The normalized spacial score (nSPS) is 14.6. The molecular formula is C20H21NO4. The summed E-state index contributed by atoms with van der Waals surface area (Å²) in [5.41, 5.74) is 1.82. The van der Waals surface area contributed by atoms with Crippen molar-refractivity contribution in [3.05, 3.63) is 65.7 Å². The second-order valence-electron chi connectivity index (χ2n) is 6.52. The van der Waals surface area contributed by atoms with Crippen molar-refractivity contribution in [3.63, 3.8) is 0 Å². The fourth-order valence-electron chi connectivity index (χ4n) is 3.09. The van der Waals surface area contributed by atoms with Crippen LogP contribution >= 0.6 is 0 Å². The third-order valence-corrected chi connectivity index (χ3v) is 4.57. The average Bonchev–Trinajstić information content (AvgIpc) is 3.41. The lowest BCUT2D eigenvalue weighted by Crippen LogP contribution is -2.34. The average molecular weight is 339 g/mol. The maximum atomic E-state index is 12.7. The fraction of sp³-hybridized carbons (Fsp3) is 0.300. The number of nitrogens with zero attached hydrogens (tertiary/aromatic N) is 1. The second kappa shape index (κ2) is 6.97. The number of aliphatic carboxylic acids is 1. The van der Waals surface area contributed by atoms with E-state index < -0.39 is 12.6 Å². The first-order valence-electron chi connectivity index (χ1n) is 8.26. The number of benzene rings is 2. The Bertz CT molecular complexity index is 768. The van der Waals surface area contributed by atoms with Crippen LogP contribution in [0, 0.1) is 0 Å². The highest BCUT2D eigenvalue weighted by Gasteiger charge is 2.45. The molecule has 1 aliphatic carbocycles. The predicted molar refractivity (Wildman–Crippen MR) is 93.9 cm³/mol. The highest BCUT2D eigenvalue weighted by Crippen LogP contribution is 2.48. The van der Waals surface area contributed by atoms with Crippen LogP contribution in [0.3, 0.4) is 0 Å². The van der Waals surface area contributed by atoms with E-state index in [1.54, 1.807) is 36.2 Å². The molecule has 2 aromatic rings. The molecule has 2 aromatic carbocycles. The smallest absolute Gasteiger partial charge is 0.341 e. The topological polar surface area (TPSA) is 66.8 Å². The molecule has 0 aromatic heterocycles. The van der Waals surface area contributed by atoms with Crippen LogP contribution in [0.25, 0.3) is 0 Å². The lowest BCUT2D eigenvalue weighted by Gasteiger charge is -2.24. The summed E-state index contributed by atoms with van der Waals surface area (Å²) in [5.74, 6) is -0.763. The Labute approximate surface area is 146 Å². The van der Waals surface area contributed by atoms with Crippen LogP contribution in [0.1, 0.15) is 28.8 Å². The molecule has 1 aliphatic rings. The van der Waals surface area contributed by atoms with Crippen LogP contribution in [0.2, 0.25) is 0 Å². The summed E-state index contributed by atoms with van der Waals surface area (Å²) >= 11 is 0. The molecule has 0 bridgehead atoms. The van der Waals surface area contributed by atoms with Gasteiger partial charge < -0.3 is 14.7 Å². The zero-order chi connectivity index (χ0) is 17.9. The van der Waals surface area contributed by atoms with Crippen LogP contribution in [-0.2, 0) is 10.2 Å². The summed E-state index contributed by atoms with van der Waals surface area (Å²) in [6.07, 6.45) is 2.16. The number of carbonyl (C=O) groups is 2. The van der Waals surface area contributed by atoms with E-state index in [0.29, 0.717) is 17.9 Å². The van der Waals surface area contributed by atoms with Crippen LogP contribution in [0.15, 0.2) is 54.6 Å². The third-order valence-electron chi connectivity index (χ3n) is 4.57. The summed E-state index contributed by atoms with van der Waals surface area (Å²) in [7, 11) is 1.80. The van der Waals surface area contributed by atoms with Gasteiger partial charge in [-0.1, -0.05) is 36.4 Å².